The van der Waals surface area contributed by atoms with Crippen LogP contribution in [0.15, 0.2) is 54.6 Å². The molecule has 2 N–H and O–H groups in total. The summed E-state index contributed by atoms with van der Waals surface area (Å²) in [5.74, 6) is -0.389. The fraction of sp³-hybridized carbons (Fsp3) is 0.417. The number of imide groups is 1. The van der Waals surface area contributed by atoms with Gasteiger partial charge >= 0.3 is 0 Å². The molecule has 0 unspecified atom stereocenters. The Bertz CT molecular complexity index is 924. The Balaban J connectivity index is 1.49. The Morgan fingerprint density at radius 1 is 0.900 bits per heavy atom. The molecule has 6 nitrogen and oxygen atoms in total. The first kappa shape index (κ1) is 19.3. The maximum Gasteiger partial charge on any atom is 0.249 e. The van der Waals surface area contributed by atoms with E-state index in [0.29, 0.717) is 6.54 Å². The van der Waals surface area contributed by atoms with Crippen molar-refractivity contribution >= 4 is 11.8 Å². The van der Waals surface area contributed by atoms with E-state index in [1.54, 1.807) is 17.0 Å². The quantitative estimate of drug-likeness (QED) is 0.765. The highest BCUT2D eigenvalue weighted by atomic mass is 16.3. The van der Waals surface area contributed by atoms with Crippen LogP contribution >= 0.6 is 0 Å². The highest BCUT2D eigenvalue weighted by molar-refractivity contribution is 6.08. The van der Waals surface area contributed by atoms with Gasteiger partial charge in [0.2, 0.25) is 11.8 Å². The average molecular weight is 405 g/mol. The van der Waals surface area contributed by atoms with Crippen molar-refractivity contribution in [2.24, 2.45) is 5.92 Å². The summed E-state index contributed by atoms with van der Waals surface area (Å²) in [6.45, 7) is 0.550. The minimum Gasteiger partial charge on any atom is -0.508 e. The number of aromatic hydroxyl groups is 1. The number of benzene rings is 2. The van der Waals surface area contributed by atoms with E-state index in [4.69, 9.17) is 0 Å². The number of hydrogen-bond donors (Lipinski definition) is 2. The number of hydrogen-bond acceptors (Lipinski definition) is 5. The van der Waals surface area contributed by atoms with Gasteiger partial charge in [0.25, 0.3) is 0 Å². The molecule has 1 saturated carbocycles. The topological polar surface area (TPSA) is 72.9 Å². The lowest BCUT2D eigenvalue weighted by Gasteiger charge is -2.32. The van der Waals surface area contributed by atoms with E-state index in [1.165, 1.54) is 6.42 Å². The summed E-state index contributed by atoms with van der Waals surface area (Å²) < 4.78 is 0. The Morgan fingerprint density at radius 3 is 2.30 bits per heavy atom. The molecule has 2 aromatic carbocycles. The summed E-state index contributed by atoms with van der Waals surface area (Å²) in [6.07, 6.45) is 5.14. The van der Waals surface area contributed by atoms with Crippen molar-refractivity contribution in [3.8, 4) is 5.75 Å². The molecule has 3 fully saturated rings. The molecule has 0 aromatic heterocycles. The van der Waals surface area contributed by atoms with Gasteiger partial charge in [-0.2, -0.15) is 0 Å². The van der Waals surface area contributed by atoms with Crippen molar-refractivity contribution in [3.05, 3.63) is 65.7 Å². The number of likely N-dealkylation sites (tertiary alicyclic amines) is 1. The molecule has 3 atom stereocenters. The molecule has 2 heterocycles. The average Bonchev–Trinajstić information content (AvgIpc) is 3.26. The molecule has 2 saturated heterocycles. The summed E-state index contributed by atoms with van der Waals surface area (Å²) >= 11 is 0. The number of rotatable bonds is 4. The molecule has 0 radical (unpaired) electrons. The summed E-state index contributed by atoms with van der Waals surface area (Å²) in [5.41, 5.74) is 5.44. The van der Waals surface area contributed by atoms with Gasteiger partial charge in [0, 0.05) is 12.6 Å². The van der Waals surface area contributed by atoms with Crippen LogP contribution in [0.2, 0.25) is 0 Å². The van der Waals surface area contributed by atoms with Crippen molar-refractivity contribution in [2.75, 3.05) is 0 Å². The Hall–Kier alpha value is -2.70. The normalized spacial score (nSPS) is 27.6. The van der Waals surface area contributed by atoms with Crippen molar-refractivity contribution in [3.63, 3.8) is 0 Å². The largest absolute Gasteiger partial charge is 0.508 e. The Kier molecular flexibility index (Phi) is 5.05. The molecule has 0 spiro atoms. The smallest absolute Gasteiger partial charge is 0.249 e. The van der Waals surface area contributed by atoms with Crippen LogP contribution in [0.1, 0.15) is 49.3 Å². The lowest BCUT2D eigenvalue weighted by molar-refractivity contribution is -0.145. The van der Waals surface area contributed by atoms with Gasteiger partial charge in [-0.15, -0.1) is 0 Å². The number of phenols is 1. The van der Waals surface area contributed by atoms with Crippen molar-refractivity contribution in [2.45, 2.75) is 56.8 Å². The van der Waals surface area contributed by atoms with Gasteiger partial charge in [0.15, 0.2) is 0 Å². The van der Waals surface area contributed by atoms with E-state index in [9.17, 15) is 14.7 Å². The fourth-order valence-electron chi connectivity index (χ4n) is 5.28. The third kappa shape index (κ3) is 3.30. The summed E-state index contributed by atoms with van der Waals surface area (Å²) in [6, 6.07) is 16.2. The highest BCUT2D eigenvalue weighted by Gasteiger charge is 2.59. The maximum absolute atomic E-state index is 13.5. The molecular formula is C24H27N3O3. The van der Waals surface area contributed by atoms with Gasteiger partial charge in [-0.1, -0.05) is 61.7 Å². The number of nitrogens with zero attached hydrogens (tertiary/aromatic N) is 2. The monoisotopic (exact) mass is 405 g/mol. The SMILES string of the molecule is O=C1[C@@H]2[C@@H](c3ccc(O)cc3)NN(Cc3ccccc3)[C@H]2C(=O)N1C1CCCCC1. The van der Waals surface area contributed by atoms with Gasteiger partial charge in [0.05, 0.1) is 12.0 Å². The first-order valence-electron chi connectivity index (χ1n) is 10.9. The molecule has 2 amide bonds. The van der Waals surface area contributed by atoms with Gasteiger partial charge in [-0.3, -0.25) is 14.5 Å². The van der Waals surface area contributed by atoms with Crippen LogP contribution in [-0.2, 0) is 16.1 Å². The maximum atomic E-state index is 13.5. The van der Waals surface area contributed by atoms with Crippen molar-refractivity contribution in [1.29, 1.82) is 0 Å². The van der Waals surface area contributed by atoms with E-state index in [2.05, 4.69) is 5.43 Å². The van der Waals surface area contributed by atoms with E-state index in [-0.39, 0.29) is 29.6 Å². The molecule has 1 aliphatic carbocycles. The van der Waals surface area contributed by atoms with Gasteiger partial charge < -0.3 is 5.11 Å². The van der Waals surface area contributed by atoms with Crippen LogP contribution in [-0.4, -0.2) is 38.9 Å². The van der Waals surface area contributed by atoms with Gasteiger partial charge in [-0.05, 0) is 36.1 Å². The van der Waals surface area contributed by atoms with E-state index in [1.807, 2.05) is 47.5 Å². The van der Waals surface area contributed by atoms with Crippen LogP contribution in [0.4, 0.5) is 0 Å². The van der Waals surface area contributed by atoms with Crippen LogP contribution in [0.3, 0.4) is 0 Å². The molecule has 30 heavy (non-hydrogen) atoms. The van der Waals surface area contributed by atoms with Gasteiger partial charge in [-0.25, -0.2) is 10.4 Å². The molecule has 3 aliphatic rings. The summed E-state index contributed by atoms with van der Waals surface area (Å²) in [7, 11) is 0. The first-order valence-corrected chi connectivity index (χ1v) is 10.9. The standard InChI is InChI=1S/C24H27N3O3/c28-19-13-11-17(12-14-19)21-20-22(26(25-21)15-16-7-3-1-4-8-16)24(30)27(23(20)29)18-9-5-2-6-10-18/h1,3-4,7-8,11-14,18,20-22,25,28H,2,5-6,9-10,15H2/t20-,21-,22-/m1/s1. The molecule has 5 rings (SSSR count). The predicted octanol–water partition coefficient (Wildman–Crippen LogP) is 3.14. The van der Waals surface area contributed by atoms with Crippen LogP contribution < -0.4 is 5.43 Å². The summed E-state index contributed by atoms with van der Waals surface area (Å²) in [4.78, 5) is 28.6. The second kappa shape index (κ2) is 7.85. The van der Waals surface area contributed by atoms with Crippen molar-refractivity contribution in [1.82, 2.24) is 15.3 Å². The second-order valence-corrected chi connectivity index (χ2v) is 8.62. The second-order valence-electron chi connectivity index (χ2n) is 8.62. The third-order valence-corrected chi connectivity index (χ3v) is 6.74. The van der Waals surface area contributed by atoms with Crippen LogP contribution in [0.25, 0.3) is 0 Å². The van der Waals surface area contributed by atoms with Crippen molar-refractivity contribution < 1.29 is 14.7 Å². The minimum atomic E-state index is -0.501. The zero-order valence-electron chi connectivity index (χ0n) is 16.9. The fourth-order valence-corrected chi connectivity index (χ4v) is 5.28. The number of carbonyl (C=O) groups is 2. The number of carbonyl (C=O) groups excluding carboxylic acids is 2. The molecular weight excluding hydrogens is 378 g/mol. The van der Waals surface area contributed by atoms with E-state index < -0.39 is 12.0 Å². The Labute approximate surface area is 176 Å². The lowest BCUT2D eigenvalue weighted by Crippen LogP contribution is -2.48. The predicted molar refractivity (Wildman–Crippen MR) is 112 cm³/mol. The number of fused-ring (bicyclic) bond motifs is 1. The zero-order valence-corrected chi connectivity index (χ0v) is 16.9. The van der Waals surface area contributed by atoms with Crippen LogP contribution in [0.5, 0.6) is 5.75 Å². The van der Waals surface area contributed by atoms with Crippen LogP contribution in [0, 0.1) is 5.92 Å². The highest BCUT2D eigenvalue weighted by Crippen LogP contribution is 2.43. The van der Waals surface area contributed by atoms with Gasteiger partial charge in [0.1, 0.15) is 11.8 Å². The third-order valence-electron chi connectivity index (χ3n) is 6.74. The molecule has 2 aliphatic heterocycles. The molecule has 2 aromatic rings. The summed E-state index contributed by atoms with van der Waals surface area (Å²) in [5, 5.41) is 11.6. The molecule has 156 valence electrons. The molecule has 6 heteroatoms. The molecule has 0 bridgehead atoms. The Morgan fingerprint density at radius 2 is 1.60 bits per heavy atom. The number of nitrogens with one attached hydrogen (secondary N) is 1. The lowest BCUT2D eigenvalue weighted by atomic mass is 9.90. The number of hydrazine groups is 1. The number of amides is 2. The zero-order chi connectivity index (χ0) is 20.7. The van der Waals surface area contributed by atoms with E-state index >= 15 is 0 Å². The number of phenolic OH excluding ortho intramolecular Hbond substituents is 1. The minimum absolute atomic E-state index is 0.0309. The first-order chi connectivity index (χ1) is 14.6. The van der Waals surface area contributed by atoms with E-state index in [0.717, 1.165) is 36.8 Å².